The van der Waals surface area contributed by atoms with Crippen LogP contribution in [0.4, 0.5) is 17.3 Å². The Kier molecular flexibility index (Phi) is 7.07. The first-order valence-electron chi connectivity index (χ1n) is 12.1. The Balaban J connectivity index is 1.53. The van der Waals surface area contributed by atoms with Crippen LogP contribution < -0.4 is 15.0 Å². The van der Waals surface area contributed by atoms with Crippen LogP contribution in [0.15, 0.2) is 78.9 Å². The molecule has 184 valence electrons. The first kappa shape index (κ1) is 24.1. The number of hydrogen-bond donors (Lipinski definition) is 1. The Morgan fingerprint density at radius 1 is 0.944 bits per heavy atom. The molecule has 0 bridgehead atoms. The van der Waals surface area contributed by atoms with Crippen molar-refractivity contribution < 1.29 is 4.74 Å². The van der Waals surface area contributed by atoms with Crippen molar-refractivity contribution in [1.29, 1.82) is 0 Å². The van der Waals surface area contributed by atoms with Gasteiger partial charge in [0.25, 0.3) is 0 Å². The molecule has 1 fully saturated rings. The lowest BCUT2D eigenvalue weighted by Gasteiger charge is -2.40. The van der Waals surface area contributed by atoms with Gasteiger partial charge in [-0.2, -0.15) is 0 Å². The zero-order chi connectivity index (χ0) is 25.1. The Morgan fingerprint density at radius 3 is 2.39 bits per heavy atom. The molecule has 0 spiro atoms. The average molecular weight is 500 g/mol. The number of ether oxygens (including phenoxy) is 1. The fraction of sp³-hybridized carbons (Fsp3) is 0.241. The number of aromatic nitrogens is 2. The highest BCUT2D eigenvalue weighted by molar-refractivity contribution is 6.31. The molecule has 36 heavy (non-hydrogen) atoms. The van der Waals surface area contributed by atoms with Gasteiger partial charge in [0.1, 0.15) is 17.4 Å². The summed E-state index contributed by atoms with van der Waals surface area (Å²) in [5.74, 6) is 2.94. The molecule has 1 aliphatic heterocycles. The number of rotatable bonds is 6. The maximum absolute atomic E-state index is 6.33. The van der Waals surface area contributed by atoms with E-state index in [9.17, 15) is 0 Å². The summed E-state index contributed by atoms with van der Waals surface area (Å²) in [5.41, 5.74) is 4.04. The molecule has 1 atom stereocenters. The Hall–Kier alpha value is -3.61. The van der Waals surface area contributed by atoms with Crippen LogP contribution >= 0.6 is 11.6 Å². The summed E-state index contributed by atoms with van der Waals surface area (Å²) >= 11 is 6.33. The highest BCUT2D eigenvalue weighted by atomic mass is 35.5. The van der Waals surface area contributed by atoms with Crippen molar-refractivity contribution in [2.24, 2.45) is 0 Å². The first-order chi connectivity index (χ1) is 17.5. The van der Waals surface area contributed by atoms with Gasteiger partial charge in [0.15, 0.2) is 5.82 Å². The number of benzene rings is 3. The summed E-state index contributed by atoms with van der Waals surface area (Å²) in [6, 6.07) is 26.8. The second-order valence-electron chi connectivity index (χ2n) is 9.08. The van der Waals surface area contributed by atoms with Crippen molar-refractivity contribution in [3.63, 3.8) is 0 Å². The minimum Gasteiger partial charge on any atom is -0.495 e. The molecule has 0 amide bonds. The summed E-state index contributed by atoms with van der Waals surface area (Å²) < 4.78 is 5.58. The maximum Gasteiger partial charge on any atom is 0.163 e. The summed E-state index contributed by atoms with van der Waals surface area (Å²) in [7, 11) is 3.83. The highest BCUT2D eigenvalue weighted by Crippen LogP contribution is 2.34. The SMILES string of the molecule is COc1cc(Cl)c(C)cc1Nc1cc(N2CCN(C)C(c3ccccc3)C2)nc(-c2ccccc2)n1. The van der Waals surface area contributed by atoms with Gasteiger partial charge in [-0.3, -0.25) is 4.90 Å². The van der Waals surface area contributed by atoms with E-state index in [1.54, 1.807) is 7.11 Å². The molecule has 1 N–H and O–H groups in total. The first-order valence-corrected chi connectivity index (χ1v) is 12.5. The molecule has 2 heterocycles. The van der Waals surface area contributed by atoms with E-state index in [0.29, 0.717) is 22.4 Å². The molecular weight excluding hydrogens is 470 g/mol. The normalized spacial score (nSPS) is 16.1. The largest absolute Gasteiger partial charge is 0.495 e. The number of nitrogens with zero attached hydrogens (tertiary/aromatic N) is 4. The lowest BCUT2D eigenvalue weighted by atomic mass is 10.0. The number of piperazine rings is 1. The fourth-order valence-corrected chi connectivity index (χ4v) is 4.72. The van der Waals surface area contributed by atoms with E-state index in [1.807, 2.05) is 55.5 Å². The lowest BCUT2D eigenvalue weighted by Crippen LogP contribution is -2.47. The Morgan fingerprint density at radius 2 is 1.67 bits per heavy atom. The second kappa shape index (κ2) is 10.6. The van der Waals surface area contributed by atoms with Gasteiger partial charge in [-0.25, -0.2) is 9.97 Å². The molecule has 0 saturated carbocycles. The monoisotopic (exact) mass is 499 g/mol. The van der Waals surface area contributed by atoms with Gasteiger partial charge in [0, 0.05) is 42.4 Å². The van der Waals surface area contributed by atoms with Gasteiger partial charge < -0.3 is 15.0 Å². The molecule has 1 saturated heterocycles. The van der Waals surface area contributed by atoms with Crippen LogP contribution in [0.3, 0.4) is 0 Å². The zero-order valence-corrected chi connectivity index (χ0v) is 21.5. The van der Waals surface area contributed by atoms with Crippen LogP contribution in [0.25, 0.3) is 11.4 Å². The zero-order valence-electron chi connectivity index (χ0n) is 20.8. The molecule has 5 rings (SSSR count). The van der Waals surface area contributed by atoms with Gasteiger partial charge in [0.2, 0.25) is 0 Å². The number of likely N-dealkylation sites (N-methyl/N-ethyl adjacent to an activating group) is 1. The summed E-state index contributed by atoms with van der Waals surface area (Å²) in [5, 5.41) is 4.12. The van der Waals surface area contributed by atoms with E-state index in [1.165, 1.54) is 5.56 Å². The summed E-state index contributed by atoms with van der Waals surface area (Å²) in [6.45, 7) is 4.64. The van der Waals surface area contributed by atoms with Gasteiger partial charge in [0.05, 0.1) is 18.8 Å². The summed E-state index contributed by atoms with van der Waals surface area (Å²) in [4.78, 5) is 14.6. The van der Waals surface area contributed by atoms with Crippen LogP contribution in [-0.4, -0.2) is 48.7 Å². The molecule has 1 aromatic heterocycles. The number of nitrogens with one attached hydrogen (secondary N) is 1. The molecular formula is C29H30ClN5O. The molecule has 3 aromatic carbocycles. The average Bonchev–Trinajstić information content (AvgIpc) is 2.91. The van der Waals surface area contributed by atoms with Gasteiger partial charge in [-0.05, 0) is 31.2 Å². The predicted octanol–water partition coefficient (Wildman–Crippen LogP) is 6.35. The molecule has 6 nitrogen and oxygen atoms in total. The van der Waals surface area contributed by atoms with Gasteiger partial charge in [-0.15, -0.1) is 0 Å². The molecule has 7 heteroatoms. The fourth-order valence-electron chi connectivity index (χ4n) is 4.56. The van der Waals surface area contributed by atoms with Crippen molar-refractivity contribution in [2.45, 2.75) is 13.0 Å². The van der Waals surface area contributed by atoms with Crippen molar-refractivity contribution in [1.82, 2.24) is 14.9 Å². The standard InChI is InChI=1S/C29H30ClN5O/c1-20-16-24(26(36-3)17-23(20)30)31-27-18-28(33-29(32-27)22-12-8-5-9-13-22)35-15-14-34(2)25(19-35)21-10-6-4-7-11-21/h4-13,16-18,25H,14-15,19H2,1-3H3,(H,31,32,33). The van der Waals surface area contributed by atoms with E-state index in [-0.39, 0.29) is 6.04 Å². The third-order valence-electron chi connectivity index (χ3n) is 6.64. The highest BCUT2D eigenvalue weighted by Gasteiger charge is 2.27. The molecule has 0 aliphatic carbocycles. The summed E-state index contributed by atoms with van der Waals surface area (Å²) in [6.07, 6.45) is 0. The van der Waals surface area contributed by atoms with Crippen LogP contribution in [0.1, 0.15) is 17.2 Å². The van der Waals surface area contributed by atoms with Crippen molar-refractivity contribution in [3.05, 3.63) is 95.0 Å². The van der Waals surface area contributed by atoms with E-state index in [4.69, 9.17) is 26.3 Å². The van der Waals surface area contributed by atoms with Crippen LogP contribution in [0, 0.1) is 6.92 Å². The quantitative estimate of drug-likeness (QED) is 0.333. The van der Waals surface area contributed by atoms with Gasteiger partial charge >= 0.3 is 0 Å². The molecule has 1 aliphatic rings. The molecule has 1 unspecified atom stereocenters. The van der Waals surface area contributed by atoms with E-state index >= 15 is 0 Å². The minimum atomic E-state index is 0.283. The molecule has 4 aromatic rings. The van der Waals surface area contributed by atoms with E-state index in [2.05, 4.69) is 52.5 Å². The van der Waals surface area contributed by atoms with E-state index < -0.39 is 0 Å². The van der Waals surface area contributed by atoms with E-state index in [0.717, 1.165) is 42.3 Å². The smallest absolute Gasteiger partial charge is 0.163 e. The number of aryl methyl sites for hydroxylation is 1. The number of hydrogen-bond acceptors (Lipinski definition) is 6. The maximum atomic E-state index is 6.33. The Bertz CT molecular complexity index is 1330. The number of halogens is 1. The minimum absolute atomic E-state index is 0.283. The van der Waals surface area contributed by atoms with Gasteiger partial charge in [-0.1, -0.05) is 72.3 Å². The van der Waals surface area contributed by atoms with Crippen LogP contribution in [0.5, 0.6) is 5.75 Å². The Labute approximate surface area is 217 Å². The lowest BCUT2D eigenvalue weighted by molar-refractivity contribution is 0.220. The topological polar surface area (TPSA) is 53.5 Å². The second-order valence-corrected chi connectivity index (χ2v) is 9.49. The number of anilines is 3. The van der Waals surface area contributed by atoms with Crippen LogP contribution in [0.2, 0.25) is 5.02 Å². The number of methoxy groups -OCH3 is 1. The van der Waals surface area contributed by atoms with Crippen LogP contribution in [-0.2, 0) is 0 Å². The van der Waals surface area contributed by atoms with Crippen molar-refractivity contribution in [2.75, 3.05) is 44.0 Å². The molecule has 0 radical (unpaired) electrons. The van der Waals surface area contributed by atoms with Crippen molar-refractivity contribution in [3.8, 4) is 17.1 Å². The third kappa shape index (κ3) is 5.15. The van der Waals surface area contributed by atoms with Crippen molar-refractivity contribution >= 4 is 28.9 Å². The third-order valence-corrected chi connectivity index (χ3v) is 7.05. The predicted molar refractivity (Wildman–Crippen MR) is 148 cm³/mol.